The molecule has 200 valence electrons. The fourth-order valence-electron chi connectivity index (χ4n) is 4.50. The maximum Gasteiger partial charge on any atom is 0.524 e. The highest BCUT2D eigenvalue weighted by atomic mass is 31.2. The van der Waals surface area contributed by atoms with Gasteiger partial charge in [0.2, 0.25) is 11.8 Å². The van der Waals surface area contributed by atoms with E-state index in [4.69, 9.17) is 15.5 Å². The van der Waals surface area contributed by atoms with Gasteiger partial charge in [0.1, 0.15) is 11.8 Å². The van der Waals surface area contributed by atoms with Gasteiger partial charge in [-0.1, -0.05) is 66.7 Å². The van der Waals surface area contributed by atoms with Gasteiger partial charge in [-0.3, -0.25) is 19.4 Å². The predicted molar refractivity (Wildman–Crippen MR) is 144 cm³/mol. The average molecular weight is 538 g/mol. The summed E-state index contributed by atoms with van der Waals surface area (Å²) < 4.78 is 15.5. The van der Waals surface area contributed by atoms with E-state index in [9.17, 15) is 14.2 Å². The molecule has 3 aromatic carbocycles. The molecule has 1 aliphatic rings. The van der Waals surface area contributed by atoms with Crippen LogP contribution in [0.3, 0.4) is 0 Å². The first kappa shape index (κ1) is 27.5. The van der Waals surface area contributed by atoms with E-state index in [0.717, 1.165) is 29.5 Å². The number of carbonyl (C=O) groups excluding carboxylic acids is 2. The molecule has 0 unspecified atom stereocenters. The summed E-state index contributed by atoms with van der Waals surface area (Å²) in [6.45, 7) is 1.09. The molecule has 2 atom stereocenters. The molecule has 10 heteroatoms. The van der Waals surface area contributed by atoms with Crippen molar-refractivity contribution in [3.63, 3.8) is 0 Å². The number of amides is 2. The van der Waals surface area contributed by atoms with E-state index >= 15 is 0 Å². The fourth-order valence-corrected chi connectivity index (χ4v) is 4.90. The minimum absolute atomic E-state index is 0.0129. The quantitative estimate of drug-likeness (QED) is 0.307. The van der Waals surface area contributed by atoms with Gasteiger partial charge in [-0.2, -0.15) is 0 Å². The van der Waals surface area contributed by atoms with Crippen LogP contribution in [0.5, 0.6) is 5.75 Å². The zero-order valence-corrected chi connectivity index (χ0v) is 21.8. The third-order valence-corrected chi connectivity index (χ3v) is 6.92. The summed E-state index contributed by atoms with van der Waals surface area (Å²) >= 11 is 0. The summed E-state index contributed by atoms with van der Waals surface area (Å²) in [6.07, 6.45) is 2.42. The van der Waals surface area contributed by atoms with Crippen LogP contribution in [0.25, 0.3) is 11.1 Å². The zero-order valence-electron chi connectivity index (χ0n) is 20.9. The highest BCUT2D eigenvalue weighted by Gasteiger charge is 2.29. The molecule has 1 heterocycles. The Bertz CT molecular complexity index is 1280. The Morgan fingerprint density at radius 2 is 1.61 bits per heavy atom. The van der Waals surface area contributed by atoms with Crippen molar-refractivity contribution < 1.29 is 28.5 Å². The summed E-state index contributed by atoms with van der Waals surface area (Å²) in [6, 6.07) is 22.7. The van der Waals surface area contributed by atoms with Crippen LogP contribution in [0.4, 0.5) is 0 Å². The number of benzene rings is 3. The molecule has 0 aromatic heterocycles. The first-order valence-corrected chi connectivity index (χ1v) is 14.0. The maximum atomic E-state index is 13.3. The lowest BCUT2D eigenvalue weighted by Crippen LogP contribution is -2.52. The highest BCUT2D eigenvalue weighted by molar-refractivity contribution is 7.46. The summed E-state index contributed by atoms with van der Waals surface area (Å²) in [7, 11) is -4.64. The first-order chi connectivity index (χ1) is 18.2. The number of likely N-dealkylation sites (tertiary alicyclic amines) is 1. The van der Waals surface area contributed by atoms with Gasteiger partial charge in [-0.05, 0) is 60.1 Å². The van der Waals surface area contributed by atoms with Crippen LogP contribution in [0.15, 0.2) is 78.9 Å². The molecular formula is C28H32N3O6P. The molecule has 0 radical (unpaired) electrons. The molecule has 5 N–H and O–H groups in total. The van der Waals surface area contributed by atoms with Crippen molar-refractivity contribution in [2.45, 2.75) is 44.3 Å². The highest BCUT2D eigenvalue weighted by Crippen LogP contribution is 2.37. The summed E-state index contributed by atoms with van der Waals surface area (Å²) in [5.41, 5.74) is 10.1. The standard InChI is InChI=1S/C28H32N3O6P/c29-25(18-20-11-15-24(16-12-20)37-38(34,35)36)27(32)30-26-8-4-5-17-31(28(26)33)19-21-9-13-23(14-10-21)22-6-2-1-3-7-22/h1-3,6-7,9-16,25-26H,4-5,8,17-19,29H2,(H,30,32)(H2,34,35,36)/t25-,26+/m1/s1. The number of carbonyl (C=O) groups is 2. The van der Waals surface area contributed by atoms with Gasteiger partial charge in [0.25, 0.3) is 0 Å². The van der Waals surface area contributed by atoms with Crippen molar-refractivity contribution in [1.29, 1.82) is 0 Å². The Morgan fingerprint density at radius 3 is 2.26 bits per heavy atom. The first-order valence-electron chi connectivity index (χ1n) is 12.5. The number of phosphoric ester groups is 1. The second kappa shape index (κ2) is 12.4. The second-order valence-corrected chi connectivity index (χ2v) is 10.6. The number of hydrogen-bond acceptors (Lipinski definition) is 5. The van der Waals surface area contributed by atoms with Crippen molar-refractivity contribution in [2.75, 3.05) is 6.54 Å². The third kappa shape index (κ3) is 7.76. The molecule has 1 fully saturated rings. The molecule has 4 rings (SSSR count). The SMILES string of the molecule is N[C@H](Cc1ccc(OP(=O)(O)O)cc1)C(=O)N[C@H]1CCCCN(Cc2ccc(-c3ccccc3)cc2)C1=O. The molecule has 3 aromatic rings. The van der Waals surface area contributed by atoms with Crippen LogP contribution >= 0.6 is 7.82 Å². The van der Waals surface area contributed by atoms with Crippen molar-refractivity contribution in [2.24, 2.45) is 5.73 Å². The zero-order chi connectivity index (χ0) is 27.1. The lowest BCUT2D eigenvalue weighted by molar-refractivity contribution is -0.136. The summed E-state index contributed by atoms with van der Waals surface area (Å²) in [5.74, 6) is -0.527. The van der Waals surface area contributed by atoms with Crippen molar-refractivity contribution >= 4 is 19.6 Å². The Labute approximate surface area is 221 Å². The monoisotopic (exact) mass is 537 g/mol. The molecular weight excluding hydrogens is 505 g/mol. The summed E-state index contributed by atoms with van der Waals surface area (Å²) in [4.78, 5) is 45.7. The van der Waals surface area contributed by atoms with Gasteiger partial charge in [0, 0.05) is 13.1 Å². The number of phosphoric acid groups is 1. The van der Waals surface area contributed by atoms with Crippen LogP contribution < -0.4 is 15.6 Å². The number of rotatable bonds is 9. The van der Waals surface area contributed by atoms with Crippen LogP contribution in [0.2, 0.25) is 0 Å². The molecule has 0 aliphatic carbocycles. The normalized spacial score (nSPS) is 17.0. The Hall–Kier alpha value is -3.49. The average Bonchev–Trinajstić information content (AvgIpc) is 3.06. The predicted octanol–water partition coefficient (Wildman–Crippen LogP) is 3.39. The van der Waals surface area contributed by atoms with Gasteiger partial charge in [0.05, 0.1) is 6.04 Å². The van der Waals surface area contributed by atoms with E-state index in [0.29, 0.717) is 25.1 Å². The molecule has 1 saturated heterocycles. The van der Waals surface area contributed by atoms with Crippen LogP contribution in [-0.4, -0.2) is 45.1 Å². The van der Waals surface area contributed by atoms with Gasteiger partial charge < -0.3 is 20.5 Å². The Balaban J connectivity index is 1.33. The molecule has 0 bridgehead atoms. The molecule has 0 saturated carbocycles. The molecule has 1 aliphatic heterocycles. The van der Waals surface area contributed by atoms with Gasteiger partial charge in [-0.25, -0.2) is 4.57 Å². The lowest BCUT2D eigenvalue weighted by Gasteiger charge is -2.26. The van der Waals surface area contributed by atoms with E-state index in [2.05, 4.69) is 34.1 Å². The number of nitrogens with zero attached hydrogens (tertiary/aromatic N) is 1. The van der Waals surface area contributed by atoms with Gasteiger partial charge in [0.15, 0.2) is 0 Å². The molecule has 38 heavy (non-hydrogen) atoms. The smallest absolute Gasteiger partial charge is 0.404 e. The Morgan fingerprint density at radius 1 is 0.974 bits per heavy atom. The molecule has 0 spiro atoms. The second-order valence-electron chi connectivity index (χ2n) is 9.42. The maximum absolute atomic E-state index is 13.3. The number of nitrogens with two attached hydrogens (primary N) is 1. The van der Waals surface area contributed by atoms with Crippen molar-refractivity contribution in [1.82, 2.24) is 10.2 Å². The minimum Gasteiger partial charge on any atom is -0.404 e. The Kier molecular flexibility index (Phi) is 8.97. The van der Waals surface area contributed by atoms with E-state index in [-0.39, 0.29) is 18.1 Å². The van der Waals surface area contributed by atoms with E-state index < -0.39 is 25.8 Å². The van der Waals surface area contributed by atoms with Crippen LogP contribution in [-0.2, 0) is 27.1 Å². The third-order valence-electron chi connectivity index (χ3n) is 6.47. The topological polar surface area (TPSA) is 142 Å². The largest absolute Gasteiger partial charge is 0.524 e. The van der Waals surface area contributed by atoms with Crippen molar-refractivity contribution in [3.8, 4) is 16.9 Å². The van der Waals surface area contributed by atoms with Gasteiger partial charge >= 0.3 is 7.82 Å². The van der Waals surface area contributed by atoms with Gasteiger partial charge in [-0.15, -0.1) is 0 Å². The lowest BCUT2D eigenvalue weighted by atomic mass is 10.0. The fraction of sp³-hybridized carbons (Fsp3) is 0.286. The minimum atomic E-state index is -4.64. The summed E-state index contributed by atoms with van der Waals surface area (Å²) in [5, 5.41) is 2.83. The number of nitrogens with one attached hydrogen (secondary N) is 1. The van der Waals surface area contributed by atoms with E-state index in [1.165, 1.54) is 12.1 Å². The van der Waals surface area contributed by atoms with E-state index in [1.54, 1.807) is 17.0 Å². The molecule has 2 amide bonds. The molecule has 9 nitrogen and oxygen atoms in total. The van der Waals surface area contributed by atoms with Crippen LogP contribution in [0.1, 0.15) is 30.4 Å². The number of hydrogen-bond donors (Lipinski definition) is 4. The van der Waals surface area contributed by atoms with E-state index in [1.807, 2.05) is 30.3 Å². The van der Waals surface area contributed by atoms with Crippen LogP contribution in [0, 0.1) is 0 Å². The van der Waals surface area contributed by atoms with Crippen molar-refractivity contribution in [3.05, 3.63) is 90.0 Å².